The van der Waals surface area contributed by atoms with E-state index in [-0.39, 0.29) is 35.3 Å². The highest BCUT2D eigenvalue weighted by Gasteiger charge is 2.29. The van der Waals surface area contributed by atoms with E-state index in [1.165, 1.54) is 13.2 Å². The highest BCUT2D eigenvalue weighted by Crippen LogP contribution is 2.36. The van der Waals surface area contributed by atoms with Gasteiger partial charge in [0.15, 0.2) is 5.75 Å². The smallest absolute Gasteiger partial charge is 0.323 e. The van der Waals surface area contributed by atoms with Gasteiger partial charge >= 0.3 is 11.7 Å². The minimum absolute atomic E-state index is 0.103. The second-order valence-electron chi connectivity index (χ2n) is 9.32. The molecule has 1 fully saturated rings. The van der Waals surface area contributed by atoms with Crippen molar-refractivity contribution in [1.82, 2.24) is 14.9 Å². The zero-order valence-electron chi connectivity index (χ0n) is 21.3. The van der Waals surface area contributed by atoms with Gasteiger partial charge in [-0.1, -0.05) is 43.7 Å². The molecule has 1 saturated heterocycles. The summed E-state index contributed by atoms with van der Waals surface area (Å²) in [4.78, 5) is 34.4. The summed E-state index contributed by atoms with van der Waals surface area (Å²) in [5.74, 6) is -0.0694. The number of hydrogen-bond acceptors (Lipinski definition) is 9. The van der Waals surface area contributed by atoms with Crippen LogP contribution in [0.15, 0.2) is 42.5 Å². The van der Waals surface area contributed by atoms with E-state index in [0.717, 1.165) is 44.3 Å². The van der Waals surface area contributed by atoms with E-state index in [1.807, 2.05) is 37.3 Å². The number of piperidine rings is 1. The highest BCUT2D eigenvalue weighted by atomic mass is 16.6. The number of carbonyl (C=O) groups is 1. The first-order valence-electron chi connectivity index (χ1n) is 12.6. The van der Waals surface area contributed by atoms with Crippen molar-refractivity contribution in [1.29, 1.82) is 0 Å². The van der Waals surface area contributed by atoms with Gasteiger partial charge in [0, 0.05) is 23.4 Å². The fourth-order valence-electron chi connectivity index (χ4n) is 4.94. The van der Waals surface area contributed by atoms with Crippen molar-refractivity contribution < 1.29 is 19.2 Å². The number of fused-ring (bicyclic) bond motifs is 1. The van der Waals surface area contributed by atoms with Crippen LogP contribution in [0.25, 0.3) is 10.9 Å². The molecule has 0 amide bonds. The maximum absolute atomic E-state index is 12.1. The van der Waals surface area contributed by atoms with Gasteiger partial charge in [-0.15, -0.1) is 0 Å². The molecule has 3 aromatic rings. The molecular weight excluding hydrogens is 474 g/mol. The average molecular weight is 508 g/mol. The van der Waals surface area contributed by atoms with Crippen molar-refractivity contribution in [3.8, 4) is 5.75 Å². The molecule has 4 rings (SSSR count). The van der Waals surface area contributed by atoms with E-state index >= 15 is 0 Å². The van der Waals surface area contributed by atoms with Crippen LogP contribution >= 0.6 is 0 Å². The second-order valence-corrected chi connectivity index (χ2v) is 9.32. The van der Waals surface area contributed by atoms with Crippen molar-refractivity contribution >= 4 is 28.5 Å². The molecule has 0 aliphatic carbocycles. The Morgan fingerprint density at radius 2 is 2.00 bits per heavy atom. The maximum Gasteiger partial charge on any atom is 0.323 e. The lowest BCUT2D eigenvalue weighted by molar-refractivity contribution is -0.385. The molecule has 37 heavy (non-hydrogen) atoms. The summed E-state index contributed by atoms with van der Waals surface area (Å²) in [5, 5.41) is 12.5. The number of unbranched alkanes of at least 4 members (excludes halogenated alkanes) is 1. The molecule has 2 N–H and O–H groups in total. The Hall–Kier alpha value is -3.79. The van der Waals surface area contributed by atoms with E-state index in [0.29, 0.717) is 29.6 Å². The Balaban J connectivity index is 1.48. The number of anilines is 1. The summed E-state index contributed by atoms with van der Waals surface area (Å²) in [7, 11) is 1.42. The van der Waals surface area contributed by atoms with Crippen LogP contribution in [0.5, 0.6) is 5.75 Å². The van der Waals surface area contributed by atoms with Crippen LogP contribution in [0.2, 0.25) is 0 Å². The molecule has 1 unspecified atom stereocenters. The lowest BCUT2D eigenvalue weighted by Gasteiger charge is -2.33. The fourth-order valence-corrected chi connectivity index (χ4v) is 4.94. The Labute approximate surface area is 215 Å². The van der Waals surface area contributed by atoms with Crippen molar-refractivity contribution in [2.24, 2.45) is 0 Å². The summed E-state index contributed by atoms with van der Waals surface area (Å²) in [5.41, 5.74) is 8.02. The molecule has 0 saturated carbocycles. The predicted octanol–water partition coefficient (Wildman–Crippen LogP) is 4.46. The number of methoxy groups -OCH3 is 1. The second kappa shape index (κ2) is 12.0. The number of hydrogen-bond donors (Lipinski definition) is 1. The first-order chi connectivity index (χ1) is 17.9. The number of nitro groups is 1. The van der Waals surface area contributed by atoms with Crippen molar-refractivity contribution in [2.75, 3.05) is 32.5 Å². The van der Waals surface area contributed by atoms with Gasteiger partial charge in [0.1, 0.15) is 6.04 Å². The lowest BCUT2D eigenvalue weighted by Crippen LogP contribution is -2.45. The van der Waals surface area contributed by atoms with Crippen molar-refractivity contribution in [3.63, 3.8) is 0 Å². The summed E-state index contributed by atoms with van der Waals surface area (Å²) < 4.78 is 10.8. The molecule has 0 bridgehead atoms. The van der Waals surface area contributed by atoms with Gasteiger partial charge < -0.3 is 15.2 Å². The van der Waals surface area contributed by atoms with Crippen LogP contribution in [0.1, 0.15) is 56.2 Å². The Morgan fingerprint density at radius 3 is 2.73 bits per heavy atom. The third-order valence-corrected chi connectivity index (χ3v) is 6.91. The number of rotatable bonds is 10. The maximum atomic E-state index is 12.1. The average Bonchev–Trinajstić information content (AvgIpc) is 2.91. The molecule has 196 valence electrons. The third kappa shape index (κ3) is 6.14. The van der Waals surface area contributed by atoms with Crippen LogP contribution in [0, 0.1) is 10.1 Å². The van der Waals surface area contributed by atoms with E-state index in [4.69, 9.17) is 15.2 Å². The summed E-state index contributed by atoms with van der Waals surface area (Å²) >= 11 is 0. The fraction of sp³-hybridized carbons (Fsp3) is 0.444. The number of ether oxygens (including phenoxy) is 2. The SMILES string of the molecule is COC(=O)C1CCCCN1CCCCOc1cc2nc(N)nc([C@H](C)c3ccccc3)c2cc1[N+](=O)[O-]. The van der Waals surface area contributed by atoms with Gasteiger partial charge in [-0.3, -0.25) is 19.8 Å². The molecule has 2 heterocycles. The summed E-state index contributed by atoms with van der Waals surface area (Å²) in [6.45, 7) is 3.89. The van der Waals surface area contributed by atoms with E-state index < -0.39 is 4.92 Å². The van der Waals surface area contributed by atoms with Crippen LogP contribution in [0.4, 0.5) is 11.6 Å². The number of likely N-dealkylation sites (tertiary alicyclic amines) is 1. The summed E-state index contributed by atoms with van der Waals surface area (Å²) in [6, 6.07) is 12.6. The topological polar surface area (TPSA) is 134 Å². The molecule has 2 atom stereocenters. The van der Waals surface area contributed by atoms with E-state index in [9.17, 15) is 14.9 Å². The molecule has 1 aliphatic heterocycles. The highest BCUT2D eigenvalue weighted by molar-refractivity contribution is 5.87. The molecule has 1 aliphatic rings. The predicted molar refractivity (Wildman–Crippen MR) is 141 cm³/mol. The molecule has 0 spiro atoms. The van der Waals surface area contributed by atoms with Gasteiger partial charge in [-0.25, -0.2) is 9.97 Å². The van der Waals surface area contributed by atoms with Gasteiger partial charge in [0.25, 0.3) is 0 Å². The number of nitrogens with two attached hydrogens (primary N) is 1. The minimum Gasteiger partial charge on any atom is -0.487 e. The molecule has 10 nitrogen and oxygen atoms in total. The van der Waals surface area contributed by atoms with Crippen molar-refractivity contribution in [2.45, 2.75) is 51.0 Å². The first kappa shape index (κ1) is 26.3. The zero-order valence-corrected chi connectivity index (χ0v) is 21.3. The molecule has 10 heteroatoms. The Morgan fingerprint density at radius 1 is 1.22 bits per heavy atom. The number of aromatic nitrogens is 2. The van der Waals surface area contributed by atoms with Crippen LogP contribution < -0.4 is 10.5 Å². The van der Waals surface area contributed by atoms with Gasteiger partial charge in [0.05, 0.1) is 29.9 Å². The molecule has 2 aromatic carbocycles. The Kier molecular flexibility index (Phi) is 8.50. The first-order valence-corrected chi connectivity index (χ1v) is 12.6. The van der Waals surface area contributed by atoms with Gasteiger partial charge in [0.2, 0.25) is 5.95 Å². The quantitative estimate of drug-likeness (QED) is 0.183. The minimum atomic E-state index is -0.448. The standard InChI is InChI=1S/C27H33N5O5/c1-18(19-10-4-3-5-11-19)25-20-16-23(32(34)35)24(17-21(20)29-27(28)30-25)37-15-9-8-14-31-13-7-6-12-22(31)26(33)36-2/h3-5,10-11,16-18,22H,6-9,12-15H2,1-2H3,(H2,28,29,30)/t18-,22?/m1/s1. The monoisotopic (exact) mass is 507 g/mol. The summed E-state index contributed by atoms with van der Waals surface area (Å²) in [6.07, 6.45) is 4.36. The van der Waals surface area contributed by atoms with Gasteiger partial charge in [-0.05, 0) is 44.3 Å². The van der Waals surface area contributed by atoms with Crippen LogP contribution in [-0.2, 0) is 9.53 Å². The number of benzene rings is 2. The normalized spacial score (nSPS) is 16.9. The van der Waals surface area contributed by atoms with Crippen LogP contribution in [0.3, 0.4) is 0 Å². The lowest BCUT2D eigenvalue weighted by atomic mass is 9.94. The number of carbonyl (C=O) groups excluding carboxylic acids is 1. The number of esters is 1. The zero-order chi connectivity index (χ0) is 26.4. The number of nitrogen functional groups attached to an aromatic ring is 1. The number of nitrogens with zero attached hydrogens (tertiary/aromatic N) is 4. The van der Waals surface area contributed by atoms with E-state index in [2.05, 4.69) is 14.9 Å². The molecule has 1 aromatic heterocycles. The van der Waals surface area contributed by atoms with E-state index in [1.54, 1.807) is 6.07 Å². The Bertz CT molecular complexity index is 1250. The molecular formula is C27H33N5O5. The van der Waals surface area contributed by atoms with Crippen LogP contribution in [-0.4, -0.2) is 58.6 Å². The largest absolute Gasteiger partial charge is 0.487 e. The number of nitro benzene ring substituents is 1. The molecule has 0 radical (unpaired) electrons. The third-order valence-electron chi connectivity index (χ3n) is 6.91. The van der Waals surface area contributed by atoms with Crippen molar-refractivity contribution in [3.05, 3.63) is 63.8 Å². The van der Waals surface area contributed by atoms with Gasteiger partial charge in [-0.2, -0.15) is 0 Å².